The average Bonchev–Trinajstić information content (AvgIpc) is 1.97. The van der Waals surface area contributed by atoms with Crippen LogP contribution in [0.1, 0.15) is 19.8 Å². The number of rotatable bonds is 1. The number of carboxylic acids is 1. The van der Waals surface area contributed by atoms with E-state index >= 15 is 0 Å². The van der Waals surface area contributed by atoms with Gasteiger partial charge in [-0.2, -0.15) is 0 Å². The highest BCUT2D eigenvalue weighted by atomic mass is 79.9. The third-order valence-electron chi connectivity index (χ3n) is 2.53. The molecule has 2 nitrogen and oxygen atoms in total. The molecule has 12 heavy (non-hydrogen) atoms. The lowest BCUT2D eigenvalue weighted by Gasteiger charge is -2.33. The lowest BCUT2D eigenvalue weighted by atomic mass is 9.80. The first-order valence-electron chi connectivity index (χ1n) is 4.05. The van der Waals surface area contributed by atoms with E-state index in [1.165, 1.54) is 0 Å². The number of alkyl halides is 2. The van der Waals surface area contributed by atoms with Gasteiger partial charge in [0.25, 0.3) is 0 Å². The summed E-state index contributed by atoms with van der Waals surface area (Å²) < 4.78 is 0. The first-order chi connectivity index (χ1) is 5.54. The van der Waals surface area contributed by atoms with Gasteiger partial charge in [-0.1, -0.05) is 38.8 Å². The summed E-state index contributed by atoms with van der Waals surface area (Å²) in [4.78, 5) is 11.4. The van der Waals surface area contributed by atoms with Crippen molar-refractivity contribution in [1.29, 1.82) is 0 Å². The molecule has 1 saturated carbocycles. The molecule has 70 valence electrons. The van der Waals surface area contributed by atoms with Crippen molar-refractivity contribution in [2.45, 2.75) is 29.4 Å². The van der Waals surface area contributed by atoms with Gasteiger partial charge in [-0.3, -0.25) is 4.79 Å². The van der Waals surface area contributed by atoms with Crippen molar-refractivity contribution in [2.24, 2.45) is 11.8 Å². The number of aliphatic carboxylic acids is 1. The Morgan fingerprint density at radius 3 is 2.25 bits per heavy atom. The summed E-state index contributed by atoms with van der Waals surface area (Å²) in [5.41, 5.74) is 0. The number of carboxylic acid groups (broad SMARTS) is 1. The summed E-state index contributed by atoms with van der Waals surface area (Å²) >= 11 is 6.93. The normalized spacial score (nSPS) is 42.6. The Bertz CT molecular complexity index is 184. The molecule has 4 atom stereocenters. The summed E-state index contributed by atoms with van der Waals surface area (Å²) in [5.74, 6) is -0.725. The monoisotopic (exact) mass is 298 g/mol. The van der Waals surface area contributed by atoms with Gasteiger partial charge in [0, 0.05) is 9.65 Å². The summed E-state index contributed by atoms with van der Waals surface area (Å²) in [7, 11) is 0. The fraction of sp³-hybridized carbons (Fsp3) is 0.875. The van der Waals surface area contributed by atoms with Crippen LogP contribution in [0, 0.1) is 11.8 Å². The molecule has 0 heterocycles. The van der Waals surface area contributed by atoms with Crippen LogP contribution in [0.25, 0.3) is 0 Å². The minimum Gasteiger partial charge on any atom is -0.481 e. The van der Waals surface area contributed by atoms with E-state index in [2.05, 4.69) is 31.9 Å². The maximum atomic E-state index is 10.9. The van der Waals surface area contributed by atoms with Crippen molar-refractivity contribution in [3.63, 3.8) is 0 Å². The Hall–Kier alpha value is 0.430. The molecule has 0 aromatic carbocycles. The predicted molar refractivity (Wildman–Crippen MR) is 55.0 cm³/mol. The van der Waals surface area contributed by atoms with E-state index in [-0.39, 0.29) is 16.7 Å². The Kier molecular flexibility index (Phi) is 3.58. The second-order valence-corrected chi connectivity index (χ2v) is 5.68. The Balaban J connectivity index is 2.71. The van der Waals surface area contributed by atoms with Crippen molar-refractivity contribution >= 4 is 37.8 Å². The zero-order valence-electron chi connectivity index (χ0n) is 6.84. The van der Waals surface area contributed by atoms with Crippen LogP contribution < -0.4 is 0 Å². The quantitative estimate of drug-likeness (QED) is 0.756. The molecule has 1 N–H and O–H groups in total. The molecule has 1 fully saturated rings. The largest absolute Gasteiger partial charge is 0.481 e. The summed E-state index contributed by atoms with van der Waals surface area (Å²) in [6.07, 6.45) is 2.00. The van der Waals surface area contributed by atoms with Gasteiger partial charge < -0.3 is 5.11 Å². The van der Waals surface area contributed by atoms with Gasteiger partial charge in [0.2, 0.25) is 0 Å². The van der Waals surface area contributed by atoms with E-state index in [0.717, 1.165) is 12.8 Å². The van der Waals surface area contributed by atoms with Crippen molar-refractivity contribution in [3.8, 4) is 0 Å². The van der Waals surface area contributed by atoms with Crippen molar-refractivity contribution < 1.29 is 9.90 Å². The molecule has 0 saturated heterocycles. The molecule has 0 aliphatic heterocycles. The molecule has 1 aliphatic rings. The SMILES string of the molecule is CC1C(Br)CCC(Br)C1C(=O)O. The van der Waals surface area contributed by atoms with Crippen LogP contribution in [-0.4, -0.2) is 20.7 Å². The fourth-order valence-electron chi connectivity index (χ4n) is 1.69. The van der Waals surface area contributed by atoms with Crippen LogP contribution in [-0.2, 0) is 4.79 Å². The molecule has 1 rings (SSSR count). The first-order valence-corrected chi connectivity index (χ1v) is 5.88. The Labute approximate surface area is 89.0 Å². The maximum absolute atomic E-state index is 10.9. The number of hydrogen-bond acceptors (Lipinski definition) is 1. The van der Waals surface area contributed by atoms with Gasteiger partial charge in [0.1, 0.15) is 0 Å². The van der Waals surface area contributed by atoms with Gasteiger partial charge in [-0.15, -0.1) is 0 Å². The van der Waals surface area contributed by atoms with Crippen LogP contribution in [0.5, 0.6) is 0 Å². The number of halogens is 2. The molecule has 0 amide bonds. The van der Waals surface area contributed by atoms with Crippen LogP contribution in [0.2, 0.25) is 0 Å². The molecule has 0 aromatic rings. The molecule has 0 bridgehead atoms. The molecular formula is C8H12Br2O2. The molecule has 4 heteroatoms. The molecule has 1 aliphatic carbocycles. The highest BCUT2D eigenvalue weighted by Gasteiger charge is 2.38. The highest BCUT2D eigenvalue weighted by molar-refractivity contribution is 9.10. The topological polar surface area (TPSA) is 37.3 Å². The van der Waals surface area contributed by atoms with Gasteiger partial charge >= 0.3 is 5.97 Å². The molecule has 0 radical (unpaired) electrons. The van der Waals surface area contributed by atoms with Gasteiger partial charge in [0.15, 0.2) is 0 Å². The third-order valence-corrected chi connectivity index (χ3v) is 4.85. The van der Waals surface area contributed by atoms with Crippen LogP contribution in [0.4, 0.5) is 0 Å². The summed E-state index contributed by atoms with van der Waals surface area (Å²) in [6, 6.07) is 0. The van der Waals surface area contributed by atoms with Crippen molar-refractivity contribution in [2.75, 3.05) is 0 Å². The van der Waals surface area contributed by atoms with Crippen LogP contribution in [0.15, 0.2) is 0 Å². The maximum Gasteiger partial charge on any atom is 0.307 e. The van der Waals surface area contributed by atoms with Crippen LogP contribution in [0.3, 0.4) is 0 Å². The Morgan fingerprint density at radius 1 is 1.33 bits per heavy atom. The lowest BCUT2D eigenvalue weighted by molar-refractivity contribution is -0.144. The van der Waals surface area contributed by atoms with Gasteiger partial charge in [-0.05, 0) is 18.8 Å². The Morgan fingerprint density at radius 2 is 1.83 bits per heavy atom. The molecule has 0 aromatic heterocycles. The van der Waals surface area contributed by atoms with E-state index in [0.29, 0.717) is 4.83 Å². The lowest BCUT2D eigenvalue weighted by Crippen LogP contribution is -2.38. The minimum absolute atomic E-state index is 0.138. The fourth-order valence-corrected chi connectivity index (χ4v) is 3.26. The van der Waals surface area contributed by atoms with Gasteiger partial charge in [-0.25, -0.2) is 0 Å². The molecule has 4 unspecified atom stereocenters. The van der Waals surface area contributed by atoms with E-state index in [1.54, 1.807) is 0 Å². The summed E-state index contributed by atoms with van der Waals surface area (Å²) in [5, 5.41) is 8.95. The zero-order valence-corrected chi connectivity index (χ0v) is 10.0. The smallest absolute Gasteiger partial charge is 0.307 e. The van der Waals surface area contributed by atoms with Crippen molar-refractivity contribution in [3.05, 3.63) is 0 Å². The molecule has 0 spiro atoms. The summed E-state index contributed by atoms with van der Waals surface area (Å²) in [6.45, 7) is 1.99. The third kappa shape index (κ3) is 2.02. The second-order valence-electron chi connectivity index (χ2n) is 3.33. The average molecular weight is 300 g/mol. The van der Waals surface area contributed by atoms with E-state index in [9.17, 15) is 4.79 Å². The predicted octanol–water partition coefficient (Wildman–Crippen LogP) is 2.64. The minimum atomic E-state index is -0.687. The van der Waals surface area contributed by atoms with E-state index in [4.69, 9.17) is 5.11 Å². The first kappa shape index (κ1) is 10.5. The number of carbonyl (C=O) groups is 1. The van der Waals surface area contributed by atoms with E-state index in [1.807, 2.05) is 6.92 Å². The van der Waals surface area contributed by atoms with E-state index < -0.39 is 5.97 Å². The number of hydrogen-bond donors (Lipinski definition) is 1. The highest BCUT2D eigenvalue weighted by Crippen LogP contribution is 2.38. The molecular weight excluding hydrogens is 288 g/mol. The second kappa shape index (κ2) is 4.09. The zero-order chi connectivity index (χ0) is 9.30. The van der Waals surface area contributed by atoms with Gasteiger partial charge in [0.05, 0.1) is 5.92 Å². The van der Waals surface area contributed by atoms with Crippen LogP contribution >= 0.6 is 31.9 Å². The standard InChI is InChI=1S/C8H12Br2O2/c1-4-5(9)2-3-6(10)7(4)8(11)12/h4-7H,2-3H2,1H3,(H,11,12). The van der Waals surface area contributed by atoms with Crippen molar-refractivity contribution in [1.82, 2.24) is 0 Å².